The van der Waals surface area contributed by atoms with Crippen LogP contribution in [0.2, 0.25) is 0 Å². The number of ether oxygens (including phenoxy) is 1. The van der Waals surface area contributed by atoms with Gasteiger partial charge in [0.25, 0.3) is 0 Å². The molecular weight excluding hydrogens is 404 g/mol. The number of amides is 2. The van der Waals surface area contributed by atoms with Crippen LogP contribution in [0, 0.1) is 5.92 Å². The number of likely N-dealkylation sites (tertiary alicyclic amines) is 1. The maximum atomic E-state index is 13.1. The molecule has 0 bridgehead atoms. The molecule has 7 nitrogen and oxygen atoms in total. The fourth-order valence-electron chi connectivity index (χ4n) is 5.14. The number of rotatable bonds is 6. The normalized spacial score (nSPS) is 22.7. The van der Waals surface area contributed by atoms with Crippen LogP contribution in [0.4, 0.5) is 0 Å². The highest BCUT2D eigenvalue weighted by Crippen LogP contribution is 2.23. The zero-order valence-corrected chi connectivity index (χ0v) is 19.5. The topological polar surface area (TPSA) is 56.3 Å². The first-order valence-corrected chi connectivity index (χ1v) is 12.2. The summed E-state index contributed by atoms with van der Waals surface area (Å²) < 4.78 is 5.34. The van der Waals surface area contributed by atoms with Gasteiger partial charge in [0, 0.05) is 52.4 Å². The molecule has 0 saturated carbocycles. The molecule has 0 aromatic heterocycles. The third-order valence-corrected chi connectivity index (χ3v) is 7.33. The number of morpholine rings is 1. The Labute approximate surface area is 192 Å². The molecule has 3 heterocycles. The van der Waals surface area contributed by atoms with Gasteiger partial charge in [0.15, 0.2) is 0 Å². The van der Waals surface area contributed by atoms with Crippen LogP contribution >= 0.6 is 0 Å². The van der Waals surface area contributed by atoms with E-state index in [2.05, 4.69) is 45.0 Å². The molecule has 3 aliphatic rings. The second-order valence-electron chi connectivity index (χ2n) is 9.44. The van der Waals surface area contributed by atoms with Crippen molar-refractivity contribution in [2.75, 3.05) is 72.1 Å². The van der Waals surface area contributed by atoms with Gasteiger partial charge in [-0.3, -0.25) is 19.4 Å². The lowest BCUT2D eigenvalue weighted by Crippen LogP contribution is -2.56. The molecule has 0 N–H and O–H groups in total. The summed E-state index contributed by atoms with van der Waals surface area (Å²) in [5.41, 5.74) is 1.40. The summed E-state index contributed by atoms with van der Waals surface area (Å²) in [5.74, 6) is 1.13. The molecular formula is C25H38N4O3. The summed E-state index contributed by atoms with van der Waals surface area (Å²) in [6.07, 6.45) is 3.29. The van der Waals surface area contributed by atoms with Crippen molar-refractivity contribution in [1.29, 1.82) is 0 Å². The van der Waals surface area contributed by atoms with Crippen molar-refractivity contribution in [3.8, 4) is 0 Å². The largest absolute Gasteiger partial charge is 0.378 e. The van der Waals surface area contributed by atoms with Crippen molar-refractivity contribution in [1.82, 2.24) is 19.6 Å². The standard InChI is InChI=1S/C25H38N4O3/c1-21(25(31)29-9-7-23(8-10-29)19-22-5-3-2-4-6-22)27-13-11-26(12-14-27)20-24(30)28-15-17-32-18-16-28/h2-6,21,23H,7-20H2,1H3. The number of piperidine rings is 1. The van der Waals surface area contributed by atoms with Gasteiger partial charge in [-0.2, -0.15) is 0 Å². The molecule has 7 heteroatoms. The summed E-state index contributed by atoms with van der Waals surface area (Å²) in [7, 11) is 0. The molecule has 2 amide bonds. The van der Waals surface area contributed by atoms with Crippen LogP contribution in [0.5, 0.6) is 0 Å². The highest BCUT2D eigenvalue weighted by atomic mass is 16.5. The fourth-order valence-corrected chi connectivity index (χ4v) is 5.14. The lowest BCUT2D eigenvalue weighted by Gasteiger charge is -2.40. The van der Waals surface area contributed by atoms with Crippen LogP contribution in [0.1, 0.15) is 25.3 Å². The van der Waals surface area contributed by atoms with E-state index in [4.69, 9.17) is 4.74 Å². The zero-order chi connectivity index (χ0) is 22.3. The van der Waals surface area contributed by atoms with Crippen LogP contribution < -0.4 is 0 Å². The van der Waals surface area contributed by atoms with Gasteiger partial charge in [-0.1, -0.05) is 30.3 Å². The summed E-state index contributed by atoms with van der Waals surface area (Å²) in [5, 5.41) is 0. The van der Waals surface area contributed by atoms with E-state index < -0.39 is 0 Å². The van der Waals surface area contributed by atoms with Crippen LogP contribution in [0.15, 0.2) is 30.3 Å². The highest BCUT2D eigenvalue weighted by Gasteiger charge is 2.31. The van der Waals surface area contributed by atoms with Gasteiger partial charge >= 0.3 is 0 Å². The fraction of sp³-hybridized carbons (Fsp3) is 0.680. The number of carbonyl (C=O) groups excluding carboxylic acids is 2. The summed E-state index contributed by atoms with van der Waals surface area (Å²) in [6.45, 7) is 10.3. The Morgan fingerprint density at radius 3 is 2.22 bits per heavy atom. The van der Waals surface area contributed by atoms with E-state index in [1.54, 1.807) is 0 Å². The molecule has 3 fully saturated rings. The monoisotopic (exact) mass is 442 g/mol. The number of benzene rings is 1. The van der Waals surface area contributed by atoms with E-state index in [-0.39, 0.29) is 17.9 Å². The molecule has 0 aliphatic carbocycles. The Morgan fingerprint density at radius 1 is 0.906 bits per heavy atom. The van der Waals surface area contributed by atoms with Gasteiger partial charge in [0.2, 0.25) is 11.8 Å². The highest BCUT2D eigenvalue weighted by molar-refractivity contribution is 5.81. The van der Waals surface area contributed by atoms with E-state index in [9.17, 15) is 9.59 Å². The van der Waals surface area contributed by atoms with Gasteiger partial charge < -0.3 is 14.5 Å². The van der Waals surface area contributed by atoms with Crippen molar-refractivity contribution < 1.29 is 14.3 Å². The first-order chi connectivity index (χ1) is 15.6. The quantitative estimate of drug-likeness (QED) is 0.665. The first kappa shape index (κ1) is 23.2. The number of hydrogen-bond acceptors (Lipinski definition) is 5. The van der Waals surface area contributed by atoms with Crippen LogP contribution in [-0.2, 0) is 20.7 Å². The van der Waals surface area contributed by atoms with Gasteiger partial charge in [-0.05, 0) is 37.7 Å². The van der Waals surface area contributed by atoms with E-state index in [0.717, 1.165) is 58.5 Å². The molecule has 1 aromatic carbocycles. The van der Waals surface area contributed by atoms with E-state index in [1.165, 1.54) is 5.56 Å². The Bertz CT molecular complexity index is 737. The Balaban J connectivity index is 1.17. The van der Waals surface area contributed by atoms with Crippen molar-refractivity contribution in [3.63, 3.8) is 0 Å². The molecule has 32 heavy (non-hydrogen) atoms. The van der Waals surface area contributed by atoms with E-state index in [0.29, 0.717) is 38.8 Å². The summed E-state index contributed by atoms with van der Waals surface area (Å²) >= 11 is 0. The molecule has 1 aromatic rings. The molecule has 0 radical (unpaired) electrons. The number of nitrogens with zero attached hydrogens (tertiary/aromatic N) is 4. The lowest BCUT2D eigenvalue weighted by atomic mass is 9.90. The lowest BCUT2D eigenvalue weighted by molar-refractivity contribution is -0.140. The van der Waals surface area contributed by atoms with Gasteiger partial charge in [0.05, 0.1) is 25.8 Å². The minimum atomic E-state index is -0.0854. The smallest absolute Gasteiger partial charge is 0.239 e. The first-order valence-electron chi connectivity index (χ1n) is 12.2. The maximum Gasteiger partial charge on any atom is 0.239 e. The van der Waals surface area contributed by atoms with Crippen molar-refractivity contribution in [3.05, 3.63) is 35.9 Å². The van der Waals surface area contributed by atoms with E-state index >= 15 is 0 Å². The number of piperazine rings is 1. The average molecular weight is 443 g/mol. The van der Waals surface area contributed by atoms with Gasteiger partial charge in [0.1, 0.15) is 0 Å². The summed E-state index contributed by atoms with van der Waals surface area (Å²) in [4.78, 5) is 34.1. The predicted molar refractivity (Wildman–Crippen MR) is 124 cm³/mol. The number of carbonyl (C=O) groups is 2. The second-order valence-corrected chi connectivity index (χ2v) is 9.44. The van der Waals surface area contributed by atoms with Crippen molar-refractivity contribution >= 4 is 11.8 Å². The van der Waals surface area contributed by atoms with Crippen molar-refractivity contribution in [2.24, 2.45) is 5.92 Å². The second kappa shape index (κ2) is 11.3. The maximum absolute atomic E-state index is 13.1. The Hall–Kier alpha value is -1.96. The molecule has 1 unspecified atom stereocenters. The van der Waals surface area contributed by atoms with Crippen molar-refractivity contribution in [2.45, 2.75) is 32.2 Å². The summed E-state index contributed by atoms with van der Waals surface area (Å²) in [6, 6.07) is 10.6. The molecule has 176 valence electrons. The molecule has 4 rings (SSSR count). The Morgan fingerprint density at radius 2 is 1.56 bits per heavy atom. The van der Waals surface area contributed by atoms with Gasteiger partial charge in [-0.25, -0.2) is 0 Å². The average Bonchev–Trinajstić information content (AvgIpc) is 2.85. The van der Waals surface area contributed by atoms with Crippen LogP contribution in [0.25, 0.3) is 0 Å². The molecule has 3 saturated heterocycles. The minimum Gasteiger partial charge on any atom is -0.378 e. The zero-order valence-electron chi connectivity index (χ0n) is 19.5. The third kappa shape index (κ3) is 6.09. The molecule has 0 spiro atoms. The SMILES string of the molecule is CC(C(=O)N1CCC(Cc2ccccc2)CC1)N1CCN(CC(=O)N2CCOCC2)CC1. The van der Waals surface area contributed by atoms with E-state index in [1.807, 2.05) is 11.8 Å². The third-order valence-electron chi connectivity index (χ3n) is 7.33. The van der Waals surface area contributed by atoms with Gasteiger partial charge in [-0.15, -0.1) is 0 Å². The number of hydrogen-bond donors (Lipinski definition) is 0. The molecule has 3 aliphatic heterocycles. The molecule has 1 atom stereocenters. The Kier molecular flexibility index (Phi) is 8.16. The van der Waals surface area contributed by atoms with Crippen LogP contribution in [-0.4, -0.2) is 110 Å². The van der Waals surface area contributed by atoms with Crippen LogP contribution in [0.3, 0.4) is 0 Å². The predicted octanol–water partition coefficient (Wildman–Crippen LogP) is 1.33. The minimum absolute atomic E-state index is 0.0854.